The number of unbranched alkanes of at least 4 members (excludes halogenated alkanes) is 3. The van der Waals surface area contributed by atoms with Crippen LogP contribution in [0.25, 0.3) is 0 Å². The van der Waals surface area contributed by atoms with E-state index < -0.39 is 5.97 Å². The van der Waals surface area contributed by atoms with Crippen molar-refractivity contribution in [2.45, 2.75) is 39.5 Å². The summed E-state index contributed by atoms with van der Waals surface area (Å²) in [6.07, 6.45) is 6.15. The maximum atomic E-state index is 10.3. The maximum absolute atomic E-state index is 10.3. The maximum Gasteiger partial charge on any atom is 1.00 e. The van der Waals surface area contributed by atoms with Crippen LogP contribution in [-0.4, -0.2) is 49.4 Å². The third kappa shape index (κ3) is 46.1. The quantitative estimate of drug-likeness (QED) is 0.295. The van der Waals surface area contributed by atoms with Gasteiger partial charge in [0.15, 0.2) is 0 Å². The Morgan fingerprint density at radius 2 is 1.37 bits per heavy atom. The van der Waals surface area contributed by atoms with E-state index in [1.807, 2.05) is 0 Å². The van der Waals surface area contributed by atoms with Crippen LogP contribution in [0.3, 0.4) is 0 Å². The van der Waals surface area contributed by atoms with Crippen LogP contribution in [0.2, 0.25) is 0 Å². The SMILES string of the molecule is CCCCCC=C(C)C(=O)O.O.O.O.O.O.O.O.[H-].[Na+]. The van der Waals surface area contributed by atoms with Crippen molar-refractivity contribution in [1.29, 1.82) is 0 Å². The number of allylic oxidation sites excluding steroid dienone is 1. The van der Waals surface area contributed by atoms with Crippen molar-refractivity contribution in [2.75, 3.05) is 0 Å². The monoisotopic (exact) mass is 306 g/mol. The molecule has 0 unspecified atom stereocenters. The zero-order valence-corrected chi connectivity index (χ0v) is 13.8. The summed E-state index contributed by atoms with van der Waals surface area (Å²) in [5, 5.41) is 8.47. The fraction of sp³-hybridized carbons (Fsp3) is 0.667. The first-order chi connectivity index (χ1) is 5.18. The van der Waals surface area contributed by atoms with Gasteiger partial charge in [-0.1, -0.05) is 25.8 Å². The molecule has 122 valence electrons. The fourth-order valence-electron chi connectivity index (χ4n) is 0.800. The Bertz CT molecular complexity index is 169. The van der Waals surface area contributed by atoms with Crippen LogP contribution < -0.4 is 29.6 Å². The van der Waals surface area contributed by atoms with E-state index in [4.69, 9.17) is 5.11 Å². The van der Waals surface area contributed by atoms with Gasteiger partial charge < -0.3 is 44.9 Å². The van der Waals surface area contributed by atoms with Crippen LogP contribution in [0.1, 0.15) is 41.0 Å². The molecule has 0 heterocycles. The van der Waals surface area contributed by atoms with Crippen molar-refractivity contribution in [3.63, 3.8) is 0 Å². The molecule has 0 fully saturated rings. The molecule has 0 aliphatic heterocycles. The van der Waals surface area contributed by atoms with Crippen LogP contribution in [0.4, 0.5) is 0 Å². The van der Waals surface area contributed by atoms with Crippen molar-refractivity contribution < 1.29 is 79.2 Å². The molecular formula is C9H31NaO9. The van der Waals surface area contributed by atoms with E-state index >= 15 is 0 Å². The second-order valence-electron chi connectivity index (χ2n) is 2.69. The van der Waals surface area contributed by atoms with Gasteiger partial charge in [0, 0.05) is 5.57 Å². The van der Waals surface area contributed by atoms with E-state index in [1.165, 1.54) is 12.8 Å². The Morgan fingerprint density at radius 1 is 1.00 bits per heavy atom. The average Bonchev–Trinajstić information content (AvgIpc) is 1.97. The van der Waals surface area contributed by atoms with Crippen molar-refractivity contribution in [3.8, 4) is 0 Å². The molecule has 0 aliphatic rings. The summed E-state index contributed by atoms with van der Waals surface area (Å²) in [5.74, 6) is -0.804. The second kappa shape index (κ2) is 43.0. The second-order valence-corrected chi connectivity index (χ2v) is 2.69. The summed E-state index contributed by atoms with van der Waals surface area (Å²) in [4.78, 5) is 10.3. The van der Waals surface area contributed by atoms with Crippen molar-refractivity contribution in [3.05, 3.63) is 11.6 Å². The van der Waals surface area contributed by atoms with Crippen molar-refractivity contribution in [1.82, 2.24) is 0 Å². The molecule has 0 saturated heterocycles. The molecule has 0 aromatic rings. The Morgan fingerprint density at radius 3 is 1.63 bits per heavy atom. The summed E-state index contributed by atoms with van der Waals surface area (Å²) >= 11 is 0. The number of carboxylic acid groups (broad SMARTS) is 1. The van der Waals surface area contributed by atoms with Gasteiger partial charge in [-0.3, -0.25) is 0 Å². The van der Waals surface area contributed by atoms with Gasteiger partial charge in [0.25, 0.3) is 0 Å². The third-order valence-electron chi connectivity index (χ3n) is 1.60. The first-order valence-electron chi connectivity index (χ1n) is 4.08. The van der Waals surface area contributed by atoms with Crippen LogP contribution in [0, 0.1) is 0 Å². The van der Waals surface area contributed by atoms with Gasteiger partial charge in [-0.15, -0.1) is 0 Å². The largest absolute Gasteiger partial charge is 1.00 e. The zero-order valence-electron chi connectivity index (χ0n) is 12.8. The molecule has 0 rings (SSSR count). The van der Waals surface area contributed by atoms with E-state index in [0.717, 1.165) is 12.8 Å². The van der Waals surface area contributed by atoms with Gasteiger partial charge >= 0.3 is 35.5 Å². The molecule has 0 saturated carbocycles. The average molecular weight is 306 g/mol. The molecule has 19 heavy (non-hydrogen) atoms. The predicted octanol–water partition coefficient (Wildman–Crippen LogP) is -6.06. The van der Waals surface area contributed by atoms with Crippen LogP contribution in [-0.2, 0) is 4.79 Å². The molecule has 0 aromatic carbocycles. The van der Waals surface area contributed by atoms with Crippen LogP contribution in [0.15, 0.2) is 11.6 Å². The Kier molecular flexibility index (Phi) is 140. The summed E-state index contributed by atoms with van der Waals surface area (Å²) < 4.78 is 0. The van der Waals surface area contributed by atoms with Crippen LogP contribution >= 0.6 is 0 Å². The van der Waals surface area contributed by atoms with Gasteiger partial charge in [0.2, 0.25) is 0 Å². The molecular weight excluding hydrogens is 275 g/mol. The van der Waals surface area contributed by atoms with E-state index in [1.54, 1.807) is 13.0 Å². The minimum absolute atomic E-state index is 0. The van der Waals surface area contributed by atoms with Gasteiger partial charge in [-0.05, 0) is 19.8 Å². The fourth-order valence-corrected chi connectivity index (χ4v) is 0.800. The number of rotatable bonds is 5. The molecule has 0 aromatic heterocycles. The van der Waals surface area contributed by atoms with Crippen molar-refractivity contribution >= 4 is 5.97 Å². The third-order valence-corrected chi connectivity index (χ3v) is 1.60. The van der Waals surface area contributed by atoms with Gasteiger partial charge in [0.05, 0.1) is 0 Å². The number of carbonyl (C=O) groups is 1. The summed E-state index contributed by atoms with van der Waals surface area (Å²) in [5.41, 5.74) is 0.459. The van der Waals surface area contributed by atoms with Gasteiger partial charge in [-0.25, -0.2) is 4.79 Å². The molecule has 0 bridgehead atoms. The number of carboxylic acids is 1. The Balaban J connectivity index is -0.0000000139. The molecule has 0 amide bonds. The number of hydrogen-bond acceptors (Lipinski definition) is 1. The molecule has 10 heteroatoms. The summed E-state index contributed by atoms with van der Waals surface area (Å²) in [7, 11) is 0. The van der Waals surface area contributed by atoms with Crippen molar-refractivity contribution in [2.24, 2.45) is 0 Å². The minimum Gasteiger partial charge on any atom is -1.00 e. The number of hydrogen-bond donors (Lipinski definition) is 1. The molecule has 0 atom stereocenters. The summed E-state index contributed by atoms with van der Waals surface area (Å²) in [6.45, 7) is 3.77. The molecule has 9 nitrogen and oxygen atoms in total. The van der Waals surface area contributed by atoms with Crippen LogP contribution in [0.5, 0.6) is 0 Å². The Labute approximate surface area is 136 Å². The first-order valence-corrected chi connectivity index (χ1v) is 4.08. The minimum atomic E-state index is -0.804. The standard InChI is InChI=1S/C9H16O2.Na.7H2O.H/c1-3-4-5-6-7-8(2)9(10)11;;;;;;;;;/h7H,3-6H2,1-2H3,(H,10,11);;7*1H2;/q;+1;;;;;;;;-1. The molecule has 0 radical (unpaired) electrons. The summed E-state index contributed by atoms with van der Waals surface area (Å²) in [6, 6.07) is 0. The van der Waals surface area contributed by atoms with Gasteiger partial charge in [-0.2, -0.15) is 0 Å². The Hall–Kier alpha value is -0.0700. The predicted molar refractivity (Wildman–Crippen MR) is 71.9 cm³/mol. The van der Waals surface area contributed by atoms with E-state index in [0.29, 0.717) is 5.57 Å². The zero-order chi connectivity index (χ0) is 8.69. The van der Waals surface area contributed by atoms with Gasteiger partial charge in [0.1, 0.15) is 0 Å². The first kappa shape index (κ1) is 61.7. The number of aliphatic carboxylic acids is 1. The van der Waals surface area contributed by atoms with E-state index in [2.05, 4.69) is 6.92 Å². The van der Waals surface area contributed by atoms with E-state index in [-0.39, 0.29) is 69.3 Å². The smallest absolute Gasteiger partial charge is 1.00 e. The topological polar surface area (TPSA) is 258 Å². The normalized spacial score (nSPS) is 6.74. The molecule has 0 spiro atoms. The molecule has 0 aliphatic carbocycles. The van der Waals surface area contributed by atoms with E-state index in [9.17, 15) is 4.79 Å². The molecule has 15 N–H and O–H groups in total.